The van der Waals surface area contributed by atoms with Gasteiger partial charge < -0.3 is 10.1 Å². The van der Waals surface area contributed by atoms with Gasteiger partial charge in [0.15, 0.2) is 5.69 Å². The third-order valence-corrected chi connectivity index (χ3v) is 5.21. The zero-order chi connectivity index (χ0) is 21.8. The summed E-state index contributed by atoms with van der Waals surface area (Å²) in [7, 11) is 0. The van der Waals surface area contributed by atoms with Gasteiger partial charge >= 0.3 is 5.97 Å². The number of nitrogens with zero attached hydrogens (tertiary/aromatic N) is 3. The van der Waals surface area contributed by atoms with Crippen LogP contribution in [0.25, 0.3) is 0 Å². The molecule has 156 valence electrons. The number of esters is 1. The van der Waals surface area contributed by atoms with Gasteiger partial charge in [-0.05, 0) is 54.8 Å². The van der Waals surface area contributed by atoms with Gasteiger partial charge in [-0.25, -0.2) is 4.68 Å². The predicted octanol–water partition coefficient (Wildman–Crippen LogP) is 4.68. The SMILES string of the molecule is CCc1cc(NC(=O)c2nnn(Cc3ccc(Cl)c(Cl)c3)c2C)ccc1OC(C)=O. The number of amides is 1. The number of aryl methyl sites for hydroxylation is 1. The van der Waals surface area contributed by atoms with Crippen LogP contribution in [-0.2, 0) is 17.8 Å². The molecule has 0 spiro atoms. The van der Waals surface area contributed by atoms with Crippen molar-refractivity contribution in [1.29, 1.82) is 0 Å². The van der Waals surface area contributed by atoms with Gasteiger partial charge in [-0.3, -0.25) is 9.59 Å². The first-order chi connectivity index (χ1) is 14.3. The van der Waals surface area contributed by atoms with Crippen LogP contribution >= 0.6 is 23.2 Å². The molecule has 9 heteroatoms. The van der Waals surface area contributed by atoms with Crippen molar-refractivity contribution in [3.63, 3.8) is 0 Å². The van der Waals surface area contributed by atoms with Crippen LogP contribution in [0.15, 0.2) is 36.4 Å². The quantitative estimate of drug-likeness (QED) is 0.438. The molecule has 1 amide bonds. The molecule has 2 aromatic carbocycles. The van der Waals surface area contributed by atoms with E-state index in [9.17, 15) is 9.59 Å². The molecule has 3 aromatic rings. The smallest absolute Gasteiger partial charge is 0.308 e. The van der Waals surface area contributed by atoms with Crippen LogP contribution in [0.4, 0.5) is 5.69 Å². The third kappa shape index (κ3) is 4.98. The Balaban J connectivity index is 1.76. The average Bonchev–Trinajstić information content (AvgIpc) is 3.06. The fourth-order valence-electron chi connectivity index (χ4n) is 2.91. The highest BCUT2D eigenvalue weighted by Gasteiger charge is 2.18. The molecule has 0 aliphatic heterocycles. The van der Waals surface area contributed by atoms with E-state index in [0.717, 1.165) is 11.1 Å². The molecule has 0 saturated heterocycles. The summed E-state index contributed by atoms with van der Waals surface area (Å²) in [5.41, 5.74) is 3.11. The van der Waals surface area contributed by atoms with E-state index in [2.05, 4.69) is 15.6 Å². The molecule has 0 aliphatic rings. The molecule has 0 fully saturated rings. The van der Waals surface area contributed by atoms with Crippen LogP contribution in [0.2, 0.25) is 10.0 Å². The highest BCUT2D eigenvalue weighted by molar-refractivity contribution is 6.42. The third-order valence-electron chi connectivity index (χ3n) is 4.47. The largest absolute Gasteiger partial charge is 0.426 e. The Morgan fingerprint density at radius 2 is 1.90 bits per heavy atom. The molecule has 0 aliphatic carbocycles. The molecule has 3 rings (SSSR count). The Bertz CT molecular complexity index is 1110. The maximum absolute atomic E-state index is 12.7. The van der Waals surface area contributed by atoms with Crippen molar-refractivity contribution in [3.05, 3.63) is 69.0 Å². The van der Waals surface area contributed by atoms with Crippen molar-refractivity contribution in [1.82, 2.24) is 15.0 Å². The van der Waals surface area contributed by atoms with E-state index in [-0.39, 0.29) is 11.6 Å². The molecule has 1 heterocycles. The van der Waals surface area contributed by atoms with Crippen molar-refractivity contribution in [2.75, 3.05) is 5.32 Å². The Morgan fingerprint density at radius 1 is 1.13 bits per heavy atom. The van der Waals surface area contributed by atoms with Crippen LogP contribution in [0.1, 0.15) is 41.2 Å². The number of benzene rings is 2. The summed E-state index contributed by atoms with van der Waals surface area (Å²) in [6, 6.07) is 10.4. The maximum atomic E-state index is 12.7. The van der Waals surface area contributed by atoms with Crippen LogP contribution < -0.4 is 10.1 Å². The minimum Gasteiger partial charge on any atom is -0.426 e. The summed E-state index contributed by atoms with van der Waals surface area (Å²) in [5, 5.41) is 11.8. The first-order valence-corrected chi connectivity index (χ1v) is 10.0. The molecule has 30 heavy (non-hydrogen) atoms. The number of ether oxygens (including phenoxy) is 1. The lowest BCUT2D eigenvalue weighted by Gasteiger charge is -2.10. The summed E-state index contributed by atoms with van der Waals surface area (Å²) >= 11 is 12.0. The Kier molecular flexibility index (Phi) is 6.74. The number of nitrogens with one attached hydrogen (secondary N) is 1. The molecule has 0 saturated carbocycles. The first-order valence-electron chi connectivity index (χ1n) is 9.25. The molecular formula is C21H20Cl2N4O3. The van der Waals surface area contributed by atoms with E-state index in [1.165, 1.54) is 6.92 Å². The van der Waals surface area contributed by atoms with E-state index in [1.807, 2.05) is 13.0 Å². The number of carbonyl (C=O) groups is 2. The van der Waals surface area contributed by atoms with E-state index < -0.39 is 5.97 Å². The van der Waals surface area contributed by atoms with Gasteiger partial charge in [0.05, 0.1) is 22.3 Å². The van der Waals surface area contributed by atoms with Crippen LogP contribution in [0, 0.1) is 6.92 Å². The van der Waals surface area contributed by atoms with Crippen molar-refractivity contribution < 1.29 is 14.3 Å². The van der Waals surface area contributed by atoms with Gasteiger partial charge in [-0.2, -0.15) is 0 Å². The number of aromatic nitrogens is 3. The zero-order valence-electron chi connectivity index (χ0n) is 16.7. The lowest BCUT2D eigenvalue weighted by atomic mass is 10.1. The van der Waals surface area contributed by atoms with Crippen LogP contribution in [0.5, 0.6) is 5.75 Å². The molecule has 0 radical (unpaired) electrons. The van der Waals surface area contributed by atoms with Gasteiger partial charge in [0.2, 0.25) is 0 Å². The highest BCUT2D eigenvalue weighted by atomic mass is 35.5. The maximum Gasteiger partial charge on any atom is 0.308 e. The van der Waals surface area contributed by atoms with E-state index in [0.29, 0.717) is 40.1 Å². The van der Waals surface area contributed by atoms with Crippen molar-refractivity contribution in [3.8, 4) is 5.75 Å². The Labute approximate surface area is 183 Å². The molecule has 0 bridgehead atoms. The topological polar surface area (TPSA) is 86.1 Å². The number of hydrogen-bond acceptors (Lipinski definition) is 5. The lowest BCUT2D eigenvalue weighted by molar-refractivity contribution is -0.131. The fraction of sp³-hybridized carbons (Fsp3) is 0.238. The van der Waals surface area contributed by atoms with Gasteiger partial charge in [0.1, 0.15) is 5.75 Å². The van der Waals surface area contributed by atoms with Crippen LogP contribution in [0.3, 0.4) is 0 Å². The second-order valence-corrected chi connectivity index (χ2v) is 7.47. The number of carbonyl (C=O) groups excluding carboxylic acids is 2. The van der Waals surface area contributed by atoms with Crippen molar-refractivity contribution in [2.45, 2.75) is 33.7 Å². The molecule has 1 N–H and O–H groups in total. The second kappa shape index (κ2) is 9.28. The van der Waals surface area contributed by atoms with Crippen molar-refractivity contribution in [2.24, 2.45) is 0 Å². The zero-order valence-corrected chi connectivity index (χ0v) is 18.2. The van der Waals surface area contributed by atoms with E-state index >= 15 is 0 Å². The molecule has 7 nitrogen and oxygen atoms in total. The number of anilines is 1. The molecular weight excluding hydrogens is 427 g/mol. The summed E-state index contributed by atoms with van der Waals surface area (Å²) < 4.78 is 6.80. The average molecular weight is 447 g/mol. The standard InChI is InChI=1S/C21H20Cl2N4O3/c1-4-15-10-16(6-8-19(15)30-13(3)28)24-21(29)20-12(2)27(26-25-20)11-14-5-7-17(22)18(23)9-14/h5-10H,4,11H2,1-3H3,(H,24,29). The first kappa shape index (κ1) is 21.8. The lowest BCUT2D eigenvalue weighted by Crippen LogP contribution is -2.15. The van der Waals surface area contributed by atoms with Gasteiger partial charge in [-0.15, -0.1) is 5.10 Å². The summed E-state index contributed by atoms with van der Waals surface area (Å²) in [6.45, 7) is 5.46. The number of rotatable bonds is 6. The van der Waals surface area contributed by atoms with Crippen LogP contribution in [-0.4, -0.2) is 26.9 Å². The second-order valence-electron chi connectivity index (χ2n) is 6.65. The van der Waals surface area contributed by atoms with Gasteiger partial charge in [0.25, 0.3) is 5.91 Å². The Hall–Kier alpha value is -2.90. The summed E-state index contributed by atoms with van der Waals surface area (Å²) in [5.74, 6) is -0.294. The highest BCUT2D eigenvalue weighted by Crippen LogP contribution is 2.25. The summed E-state index contributed by atoms with van der Waals surface area (Å²) in [6.07, 6.45) is 0.644. The Morgan fingerprint density at radius 3 is 2.57 bits per heavy atom. The minimum absolute atomic E-state index is 0.220. The minimum atomic E-state index is -0.393. The normalized spacial score (nSPS) is 10.7. The fourth-order valence-corrected chi connectivity index (χ4v) is 3.23. The summed E-state index contributed by atoms with van der Waals surface area (Å²) in [4.78, 5) is 23.9. The molecule has 0 atom stereocenters. The van der Waals surface area contributed by atoms with Gasteiger partial charge in [0, 0.05) is 12.6 Å². The molecule has 1 aromatic heterocycles. The van der Waals surface area contributed by atoms with Gasteiger partial charge in [-0.1, -0.05) is 41.4 Å². The van der Waals surface area contributed by atoms with E-state index in [1.54, 1.807) is 41.9 Å². The monoisotopic (exact) mass is 446 g/mol. The number of halogens is 2. The number of hydrogen-bond donors (Lipinski definition) is 1. The molecule has 0 unspecified atom stereocenters. The van der Waals surface area contributed by atoms with Crippen molar-refractivity contribution >= 4 is 40.8 Å². The van der Waals surface area contributed by atoms with E-state index in [4.69, 9.17) is 27.9 Å². The predicted molar refractivity (Wildman–Crippen MR) is 115 cm³/mol.